The van der Waals surface area contributed by atoms with Gasteiger partial charge >= 0.3 is 0 Å². The van der Waals surface area contributed by atoms with Gasteiger partial charge in [-0.2, -0.15) is 4.31 Å². The van der Waals surface area contributed by atoms with Crippen LogP contribution in [0.4, 0.5) is 0 Å². The quantitative estimate of drug-likeness (QED) is 0.710. The fraction of sp³-hybridized carbons (Fsp3) is 0.667. The van der Waals surface area contributed by atoms with Crippen molar-refractivity contribution in [1.29, 1.82) is 0 Å². The number of sulfonamides is 1. The third kappa shape index (κ3) is 3.75. The molecule has 0 atom stereocenters. The number of aryl methyl sites for hydroxylation is 1. The van der Waals surface area contributed by atoms with Crippen molar-refractivity contribution in [2.24, 2.45) is 0 Å². The van der Waals surface area contributed by atoms with Crippen molar-refractivity contribution >= 4 is 48.9 Å². The number of thiophene rings is 1. The molecule has 1 aliphatic rings. The van der Waals surface area contributed by atoms with Gasteiger partial charge in [0.2, 0.25) is 0 Å². The number of hydrogen-bond donors (Lipinski definition) is 0. The molecule has 1 saturated heterocycles. The van der Waals surface area contributed by atoms with E-state index in [-0.39, 0.29) is 6.10 Å². The normalized spacial score (nSPS) is 18.6. The third-order valence-electron chi connectivity index (χ3n) is 3.26. The molecule has 0 bridgehead atoms. The van der Waals surface area contributed by atoms with Gasteiger partial charge in [-0.05, 0) is 47.3 Å². The van der Waals surface area contributed by atoms with Gasteiger partial charge in [-0.3, -0.25) is 0 Å². The van der Waals surface area contributed by atoms with Gasteiger partial charge in [0.05, 0.1) is 16.5 Å². The molecule has 20 heavy (non-hydrogen) atoms. The Bertz CT molecular complexity index is 534. The van der Waals surface area contributed by atoms with Crippen LogP contribution in [0.25, 0.3) is 0 Å². The molecular weight excluding hydrogens is 386 g/mol. The molecule has 1 fully saturated rings. The maximum atomic E-state index is 12.5. The van der Waals surface area contributed by atoms with Crippen molar-refractivity contribution in [3.63, 3.8) is 0 Å². The number of alkyl halides is 1. The molecule has 0 aliphatic carbocycles. The highest BCUT2D eigenvalue weighted by molar-refractivity contribution is 9.11. The first kappa shape index (κ1) is 16.7. The van der Waals surface area contributed by atoms with Gasteiger partial charge in [0.1, 0.15) is 4.21 Å². The van der Waals surface area contributed by atoms with E-state index in [9.17, 15) is 8.42 Å². The summed E-state index contributed by atoms with van der Waals surface area (Å²) in [7, 11) is -3.37. The highest BCUT2D eigenvalue weighted by Crippen LogP contribution is 2.33. The first-order chi connectivity index (χ1) is 9.45. The van der Waals surface area contributed by atoms with Gasteiger partial charge in [0.15, 0.2) is 0 Å². The molecule has 114 valence electrons. The van der Waals surface area contributed by atoms with Crippen molar-refractivity contribution in [3.05, 3.63) is 15.4 Å². The zero-order chi connectivity index (χ0) is 14.8. The molecule has 1 aromatic heterocycles. The first-order valence-corrected chi connectivity index (χ1v) is 9.97. The van der Waals surface area contributed by atoms with E-state index >= 15 is 0 Å². The average Bonchev–Trinajstić information content (AvgIpc) is 2.77. The topological polar surface area (TPSA) is 46.6 Å². The smallest absolute Gasteiger partial charge is 0.252 e. The number of nitrogens with zero attached hydrogens (tertiary/aromatic N) is 1. The van der Waals surface area contributed by atoms with Crippen LogP contribution in [0.2, 0.25) is 0 Å². The average molecular weight is 403 g/mol. The minimum absolute atomic E-state index is 0.122. The Morgan fingerprint density at radius 3 is 2.65 bits per heavy atom. The van der Waals surface area contributed by atoms with E-state index in [1.54, 1.807) is 10.4 Å². The Morgan fingerprint density at radius 2 is 2.15 bits per heavy atom. The monoisotopic (exact) mass is 401 g/mol. The van der Waals surface area contributed by atoms with E-state index in [0.717, 1.165) is 22.2 Å². The summed E-state index contributed by atoms with van der Waals surface area (Å²) in [4.78, 5) is 0. The van der Waals surface area contributed by atoms with Crippen LogP contribution in [0.15, 0.2) is 14.1 Å². The molecule has 0 aromatic carbocycles. The number of piperidine rings is 1. The molecular formula is C12H17BrClNO3S2. The SMILES string of the molecule is Cc1cc(S(=O)(=O)N2CCC(OCCCl)CC2)sc1Br. The summed E-state index contributed by atoms with van der Waals surface area (Å²) >= 11 is 10.2. The predicted octanol–water partition coefficient (Wildman–Crippen LogP) is 3.23. The molecule has 1 aliphatic heterocycles. The fourth-order valence-corrected chi connectivity index (χ4v) is 6.08. The molecule has 4 nitrogen and oxygen atoms in total. The fourth-order valence-electron chi connectivity index (χ4n) is 2.14. The van der Waals surface area contributed by atoms with E-state index in [1.165, 1.54) is 11.3 Å². The molecule has 0 unspecified atom stereocenters. The molecule has 0 saturated carbocycles. The van der Waals surface area contributed by atoms with Gasteiger partial charge in [0, 0.05) is 19.0 Å². The highest BCUT2D eigenvalue weighted by atomic mass is 79.9. The molecule has 0 radical (unpaired) electrons. The van der Waals surface area contributed by atoms with E-state index in [4.69, 9.17) is 16.3 Å². The van der Waals surface area contributed by atoms with Crippen molar-refractivity contribution < 1.29 is 13.2 Å². The van der Waals surface area contributed by atoms with Crippen LogP contribution in [-0.4, -0.2) is 44.4 Å². The number of rotatable bonds is 5. The van der Waals surface area contributed by atoms with Crippen molar-refractivity contribution in [3.8, 4) is 0 Å². The van der Waals surface area contributed by atoms with E-state index < -0.39 is 10.0 Å². The lowest BCUT2D eigenvalue weighted by molar-refractivity contribution is 0.0301. The Morgan fingerprint density at radius 1 is 1.50 bits per heavy atom. The summed E-state index contributed by atoms with van der Waals surface area (Å²) in [5.41, 5.74) is 0.953. The van der Waals surface area contributed by atoms with Gasteiger partial charge in [0.25, 0.3) is 10.0 Å². The van der Waals surface area contributed by atoms with Crippen molar-refractivity contribution in [2.75, 3.05) is 25.6 Å². The lowest BCUT2D eigenvalue weighted by Crippen LogP contribution is -2.40. The second-order valence-corrected chi connectivity index (χ2v) is 9.60. The lowest BCUT2D eigenvalue weighted by atomic mass is 10.1. The summed E-state index contributed by atoms with van der Waals surface area (Å²) in [6, 6.07) is 1.72. The number of ether oxygens (including phenoxy) is 1. The summed E-state index contributed by atoms with van der Waals surface area (Å²) in [6.45, 7) is 3.43. The second-order valence-electron chi connectivity index (χ2n) is 4.69. The Kier molecular flexibility index (Phi) is 5.90. The van der Waals surface area contributed by atoms with Crippen LogP contribution >= 0.6 is 38.9 Å². The molecule has 2 heterocycles. The number of halogens is 2. The van der Waals surface area contributed by atoms with Crippen molar-refractivity contribution in [2.45, 2.75) is 30.1 Å². The lowest BCUT2D eigenvalue weighted by Gasteiger charge is -2.30. The predicted molar refractivity (Wildman–Crippen MR) is 85.2 cm³/mol. The summed E-state index contributed by atoms with van der Waals surface area (Å²) in [5, 5.41) is 0. The van der Waals surface area contributed by atoms with E-state index in [0.29, 0.717) is 29.8 Å². The summed E-state index contributed by atoms with van der Waals surface area (Å²) < 4.78 is 33.4. The van der Waals surface area contributed by atoms with Crippen LogP contribution < -0.4 is 0 Å². The van der Waals surface area contributed by atoms with Crippen LogP contribution in [0.1, 0.15) is 18.4 Å². The molecule has 0 spiro atoms. The minimum atomic E-state index is -3.37. The van der Waals surface area contributed by atoms with Crippen LogP contribution in [0, 0.1) is 6.92 Å². The molecule has 0 N–H and O–H groups in total. The Hall–Kier alpha value is 0.340. The van der Waals surface area contributed by atoms with Crippen LogP contribution in [0.5, 0.6) is 0 Å². The highest BCUT2D eigenvalue weighted by Gasteiger charge is 2.31. The molecule has 8 heteroatoms. The Balaban J connectivity index is 2.02. The molecule has 1 aromatic rings. The van der Waals surface area contributed by atoms with E-state index in [2.05, 4.69) is 15.9 Å². The largest absolute Gasteiger partial charge is 0.377 e. The first-order valence-electron chi connectivity index (χ1n) is 6.39. The summed E-state index contributed by atoms with van der Waals surface area (Å²) in [5.74, 6) is 0.473. The minimum Gasteiger partial charge on any atom is -0.377 e. The van der Waals surface area contributed by atoms with Gasteiger partial charge in [-0.15, -0.1) is 22.9 Å². The summed E-state index contributed by atoms with van der Waals surface area (Å²) in [6.07, 6.45) is 1.57. The van der Waals surface area contributed by atoms with E-state index in [1.807, 2.05) is 6.92 Å². The second kappa shape index (κ2) is 7.07. The zero-order valence-corrected chi connectivity index (χ0v) is 15.1. The number of hydrogen-bond acceptors (Lipinski definition) is 4. The molecule has 0 amide bonds. The third-order valence-corrected chi connectivity index (χ3v) is 7.90. The van der Waals surface area contributed by atoms with Gasteiger partial charge in [-0.25, -0.2) is 8.42 Å². The van der Waals surface area contributed by atoms with Crippen molar-refractivity contribution in [1.82, 2.24) is 4.31 Å². The maximum absolute atomic E-state index is 12.5. The zero-order valence-electron chi connectivity index (χ0n) is 11.1. The maximum Gasteiger partial charge on any atom is 0.252 e. The Labute approximate surface area is 137 Å². The standard InChI is InChI=1S/C12H17BrClNO3S2/c1-9-8-11(19-12(9)13)20(16,17)15-5-2-10(3-6-15)18-7-4-14/h8,10H,2-7H2,1H3. The molecule has 2 rings (SSSR count). The van der Waals surface area contributed by atoms with Crippen LogP contribution in [0.3, 0.4) is 0 Å². The van der Waals surface area contributed by atoms with Crippen LogP contribution in [-0.2, 0) is 14.8 Å². The van der Waals surface area contributed by atoms with Gasteiger partial charge < -0.3 is 4.74 Å². The van der Waals surface area contributed by atoms with Gasteiger partial charge in [-0.1, -0.05) is 0 Å².